The number of nitrogens with one attached hydrogen (secondary N) is 1. The molecule has 0 saturated carbocycles. The molecule has 0 saturated heterocycles. The maximum atomic E-state index is 14.2. The topological polar surface area (TPSA) is 87.5 Å². The number of carbonyl (C=O) groups is 1. The second-order valence-electron chi connectivity index (χ2n) is 7.98. The van der Waals surface area contributed by atoms with E-state index in [-0.39, 0.29) is 17.2 Å². The number of allylic oxidation sites excluding steroid dienone is 1. The summed E-state index contributed by atoms with van der Waals surface area (Å²) in [6.45, 7) is 4.09. The van der Waals surface area contributed by atoms with Gasteiger partial charge in [-0.3, -0.25) is 0 Å². The largest absolute Gasteiger partial charge is 0.493 e. The quantitative estimate of drug-likeness (QED) is 0.315. The van der Waals surface area contributed by atoms with Crippen molar-refractivity contribution in [1.29, 1.82) is 0 Å². The molecular formula is C25H26ClFN4O4. The maximum Gasteiger partial charge on any atom is 0.338 e. The van der Waals surface area contributed by atoms with Crippen LogP contribution in [0.25, 0.3) is 0 Å². The molecule has 1 N–H and O–H groups in total. The van der Waals surface area contributed by atoms with Crippen molar-refractivity contribution in [2.24, 2.45) is 0 Å². The Bertz CT molecular complexity index is 1240. The highest BCUT2D eigenvalue weighted by Crippen LogP contribution is 2.39. The van der Waals surface area contributed by atoms with Gasteiger partial charge in [-0.25, -0.2) is 13.9 Å². The van der Waals surface area contributed by atoms with Crippen molar-refractivity contribution in [2.45, 2.75) is 39.3 Å². The van der Waals surface area contributed by atoms with E-state index in [2.05, 4.69) is 15.4 Å². The Balaban J connectivity index is 1.66. The lowest BCUT2D eigenvalue weighted by atomic mass is 9.95. The van der Waals surface area contributed by atoms with Crippen LogP contribution in [0.1, 0.15) is 43.9 Å². The normalized spacial score (nSPS) is 14.8. The van der Waals surface area contributed by atoms with Gasteiger partial charge in [0.25, 0.3) is 0 Å². The molecule has 0 aliphatic carbocycles. The molecule has 35 heavy (non-hydrogen) atoms. The zero-order valence-corrected chi connectivity index (χ0v) is 20.4. The summed E-state index contributed by atoms with van der Waals surface area (Å²) in [5.74, 6) is 0.435. The first-order chi connectivity index (χ1) is 16.9. The smallest absolute Gasteiger partial charge is 0.338 e. The van der Waals surface area contributed by atoms with Gasteiger partial charge in [-0.05, 0) is 43.2 Å². The van der Waals surface area contributed by atoms with E-state index in [9.17, 15) is 9.18 Å². The Hall–Kier alpha value is -3.59. The van der Waals surface area contributed by atoms with E-state index in [0.29, 0.717) is 40.9 Å². The van der Waals surface area contributed by atoms with E-state index < -0.39 is 17.8 Å². The lowest BCUT2D eigenvalue weighted by Crippen LogP contribution is -2.29. The molecule has 2 aromatic carbocycles. The highest BCUT2D eigenvalue weighted by Gasteiger charge is 2.34. The molecule has 0 fully saturated rings. The van der Waals surface area contributed by atoms with E-state index in [0.717, 1.165) is 12.8 Å². The molecular weight excluding hydrogens is 475 g/mol. The molecule has 2 heterocycles. The van der Waals surface area contributed by atoms with Crippen LogP contribution in [0.2, 0.25) is 5.02 Å². The third kappa shape index (κ3) is 5.09. The predicted octanol–water partition coefficient (Wildman–Crippen LogP) is 5.29. The van der Waals surface area contributed by atoms with Crippen LogP contribution in [-0.4, -0.2) is 34.5 Å². The molecule has 4 rings (SSSR count). The van der Waals surface area contributed by atoms with Gasteiger partial charge in [0.05, 0.1) is 24.3 Å². The molecule has 3 aromatic rings. The lowest BCUT2D eigenvalue weighted by Gasteiger charge is -2.28. The third-order valence-electron chi connectivity index (χ3n) is 5.68. The number of hydrogen-bond donors (Lipinski definition) is 1. The molecule has 1 unspecified atom stereocenters. The molecule has 184 valence electrons. The second-order valence-corrected chi connectivity index (χ2v) is 8.39. The summed E-state index contributed by atoms with van der Waals surface area (Å²) in [7, 11) is 1.51. The first kappa shape index (κ1) is 24.5. The van der Waals surface area contributed by atoms with Crippen LogP contribution in [0.5, 0.6) is 11.5 Å². The van der Waals surface area contributed by atoms with Gasteiger partial charge in [-0.15, -0.1) is 0 Å². The number of aromatic nitrogens is 3. The van der Waals surface area contributed by atoms with E-state index >= 15 is 0 Å². The van der Waals surface area contributed by atoms with Gasteiger partial charge >= 0.3 is 5.97 Å². The van der Waals surface area contributed by atoms with Crippen LogP contribution < -0.4 is 14.8 Å². The Morgan fingerprint density at radius 1 is 1.26 bits per heavy atom. The first-order valence-corrected chi connectivity index (χ1v) is 11.6. The maximum absolute atomic E-state index is 14.2. The number of halogens is 2. The Labute approximate surface area is 207 Å². The zero-order valence-electron chi connectivity index (χ0n) is 19.7. The van der Waals surface area contributed by atoms with Crippen LogP contribution in [0.15, 0.2) is 54.0 Å². The van der Waals surface area contributed by atoms with Crippen molar-refractivity contribution in [3.05, 3.63) is 76.0 Å². The average Bonchev–Trinajstić information content (AvgIpc) is 3.31. The molecule has 1 aliphatic heterocycles. The van der Waals surface area contributed by atoms with Gasteiger partial charge in [-0.1, -0.05) is 37.1 Å². The minimum atomic E-state index is -0.591. The van der Waals surface area contributed by atoms with Crippen molar-refractivity contribution in [3.63, 3.8) is 0 Å². The standard InChI is InChI=1S/C25H26ClFN4O4/c1-4-5-11-34-24(32)22-15(2)30-25-28-14-29-31(25)23(22)16-9-10-20(21(12-16)33-3)35-13-17-18(26)7-6-8-19(17)27/h6-10,12,14,23H,4-5,11,13H2,1-3H3,(H,28,29,30). The summed E-state index contributed by atoms with van der Waals surface area (Å²) in [5.41, 5.74) is 2.02. The van der Waals surface area contributed by atoms with Crippen molar-refractivity contribution < 1.29 is 23.4 Å². The number of nitrogens with zero attached hydrogens (tertiary/aromatic N) is 3. The SMILES string of the molecule is CCCCOC(=O)C1=C(C)Nc2ncnn2C1c1ccc(OCc2c(F)cccc2Cl)c(OC)c1. The number of rotatable bonds is 9. The molecule has 1 atom stereocenters. The van der Waals surface area contributed by atoms with Crippen LogP contribution in [-0.2, 0) is 16.1 Å². The van der Waals surface area contributed by atoms with Crippen molar-refractivity contribution >= 4 is 23.5 Å². The molecule has 0 amide bonds. The van der Waals surface area contributed by atoms with Crippen LogP contribution in [0.3, 0.4) is 0 Å². The van der Waals surface area contributed by atoms with Gasteiger partial charge in [0.1, 0.15) is 24.8 Å². The molecule has 0 bridgehead atoms. The summed E-state index contributed by atoms with van der Waals surface area (Å²) in [4.78, 5) is 17.3. The predicted molar refractivity (Wildman–Crippen MR) is 129 cm³/mol. The second kappa shape index (κ2) is 10.8. The first-order valence-electron chi connectivity index (χ1n) is 11.2. The molecule has 0 spiro atoms. The fraction of sp³-hybridized carbons (Fsp3) is 0.320. The number of anilines is 1. The van der Waals surface area contributed by atoms with E-state index in [4.69, 9.17) is 25.8 Å². The summed E-state index contributed by atoms with van der Waals surface area (Å²) >= 11 is 6.12. The van der Waals surface area contributed by atoms with Crippen LogP contribution in [0.4, 0.5) is 10.3 Å². The number of fused-ring (bicyclic) bond motifs is 1. The zero-order chi connectivity index (χ0) is 24.9. The van der Waals surface area contributed by atoms with Gasteiger partial charge in [0, 0.05) is 11.3 Å². The number of hydrogen-bond acceptors (Lipinski definition) is 7. The molecule has 10 heteroatoms. The summed E-state index contributed by atoms with van der Waals surface area (Å²) in [5, 5.41) is 7.72. The van der Waals surface area contributed by atoms with Gasteiger partial charge in [0.2, 0.25) is 5.95 Å². The Kier molecular flexibility index (Phi) is 7.55. The molecule has 0 radical (unpaired) electrons. The lowest BCUT2D eigenvalue weighted by molar-refractivity contribution is -0.139. The molecule has 1 aliphatic rings. The third-order valence-corrected chi connectivity index (χ3v) is 6.04. The highest BCUT2D eigenvalue weighted by molar-refractivity contribution is 6.31. The van der Waals surface area contributed by atoms with Crippen LogP contribution >= 0.6 is 11.6 Å². The number of benzene rings is 2. The number of esters is 1. The van der Waals surface area contributed by atoms with Gasteiger partial charge in [0.15, 0.2) is 11.5 Å². The van der Waals surface area contributed by atoms with Crippen molar-refractivity contribution in [1.82, 2.24) is 14.8 Å². The number of carbonyl (C=O) groups excluding carboxylic acids is 1. The monoisotopic (exact) mass is 500 g/mol. The Morgan fingerprint density at radius 2 is 2.09 bits per heavy atom. The van der Waals surface area contributed by atoms with E-state index in [1.807, 2.05) is 6.92 Å². The average molecular weight is 501 g/mol. The number of ether oxygens (including phenoxy) is 3. The van der Waals surface area contributed by atoms with Crippen LogP contribution in [0, 0.1) is 5.82 Å². The summed E-state index contributed by atoms with van der Waals surface area (Å²) < 4.78 is 32.7. The van der Waals surface area contributed by atoms with Crippen molar-refractivity contribution in [2.75, 3.05) is 19.0 Å². The fourth-order valence-electron chi connectivity index (χ4n) is 3.84. The fourth-order valence-corrected chi connectivity index (χ4v) is 4.06. The summed E-state index contributed by atoms with van der Waals surface area (Å²) in [6.07, 6.45) is 3.11. The molecule has 8 nitrogen and oxygen atoms in total. The van der Waals surface area contributed by atoms with E-state index in [1.165, 1.54) is 25.6 Å². The minimum absolute atomic E-state index is 0.0736. The Morgan fingerprint density at radius 3 is 2.83 bits per heavy atom. The van der Waals surface area contributed by atoms with Gasteiger partial charge in [-0.2, -0.15) is 10.1 Å². The molecule has 1 aromatic heterocycles. The van der Waals surface area contributed by atoms with Gasteiger partial charge < -0.3 is 19.5 Å². The minimum Gasteiger partial charge on any atom is -0.493 e. The number of unbranched alkanes of at least 4 members (excludes halogenated alkanes) is 1. The van der Waals surface area contributed by atoms with Crippen molar-refractivity contribution in [3.8, 4) is 11.5 Å². The summed E-state index contributed by atoms with van der Waals surface area (Å²) in [6, 6.07) is 9.14. The van der Waals surface area contributed by atoms with E-state index in [1.54, 1.807) is 35.9 Å². The highest BCUT2D eigenvalue weighted by atomic mass is 35.5. The number of methoxy groups -OCH3 is 1.